The standard InChI is InChI=1S/C13H13ClN4O3/c1-17-7-6-11(16-17)15-13(21)18(8-12(19)20)10-4-2-9(14)3-5-10/h2-7H,8H2,1H3,(H,19,20)(H,15,16,21). The van der Waals surface area contributed by atoms with Gasteiger partial charge in [-0.3, -0.25) is 19.7 Å². The number of urea groups is 1. The van der Waals surface area contributed by atoms with E-state index in [-0.39, 0.29) is 0 Å². The molecule has 21 heavy (non-hydrogen) atoms. The highest BCUT2D eigenvalue weighted by molar-refractivity contribution is 6.30. The van der Waals surface area contributed by atoms with Crippen LogP contribution >= 0.6 is 11.6 Å². The summed E-state index contributed by atoms with van der Waals surface area (Å²) in [5, 5.41) is 16.0. The summed E-state index contributed by atoms with van der Waals surface area (Å²) in [6.07, 6.45) is 1.67. The molecule has 8 heteroatoms. The third kappa shape index (κ3) is 3.96. The van der Waals surface area contributed by atoms with E-state index in [1.54, 1.807) is 43.6 Å². The minimum absolute atomic E-state index is 0.340. The van der Waals surface area contributed by atoms with E-state index < -0.39 is 18.5 Å². The first-order valence-corrected chi connectivity index (χ1v) is 6.39. The molecule has 2 amide bonds. The van der Waals surface area contributed by atoms with Crippen molar-refractivity contribution < 1.29 is 14.7 Å². The van der Waals surface area contributed by atoms with Crippen LogP contribution in [0.25, 0.3) is 0 Å². The van der Waals surface area contributed by atoms with E-state index >= 15 is 0 Å². The smallest absolute Gasteiger partial charge is 0.328 e. The van der Waals surface area contributed by atoms with Crippen LogP contribution in [0.3, 0.4) is 0 Å². The van der Waals surface area contributed by atoms with Gasteiger partial charge in [0.25, 0.3) is 0 Å². The van der Waals surface area contributed by atoms with E-state index in [1.165, 1.54) is 4.68 Å². The quantitative estimate of drug-likeness (QED) is 0.906. The van der Waals surface area contributed by atoms with E-state index in [0.29, 0.717) is 16.5 Å². The van der Waals surface area contributed by atoms with Crippen molar-refractivity contribution in [3.05, 3.63) is 41.6 Å². The molecule has 2 N–H and O–H groups in total. The van der Waals surface area contributed by atoms with E-state index in [0.717, 1.165) is 4.90 Å². The molecule has 2 aromatic rings. The summed E-state index contributed by atoms with van der Waals surface area (Å²) < 4.78 is 1.53. The van der Waals surface area contributed by atoms with E-state index in [9.17, 15) is 9.59 Å². The number of rotatable bonds is 4. The molecule has 2 rings (SSSR count). The number of nitrogens with zero attached hydrogens (tertiary/aromatic N) is 3. The molecule has 0 aliphatic rings. The lowest BCUT2D eigenvalue weighted by molar-refractivity contribution is -0.135. The number of amides is 2. The van der Waals surface area contributed by atoms with Crippen LogP contribution < -0.4 is 10.2 Å². The van der Waals surface area contributed by atoms with Crippen molar-refractivity contribution in [3.8, 4) is 0 Å². The van der Waals surface area contributed by atoms with E-state index in [1.807, 2.05) is 0 Å². The number of hydrogen-bond donors (Lipinski definition) is 2. The van der Waals surface area contributed by atoms with Gasteiger partial charge in [-0.2, -0.15) is 5.10 Å². The third-order valence-electron chi connectivity index (χ3n) is 2.63. The van der Waals surface area contributed by atoms with Gasteiger partial charge in [0.15, 0.2) is 5.82 Å². The maximum atomic E-state index is 12.2. The zero-order valence-corrected chi connectivity index (χ0v) is 11.9. The highest BCUT2D eigenvalue weighted by atomic mass is 35.5. The summed E-state index contributed by atoms with van der Waals surface area (Å²) in [7, 11) is 1.71. The molecule has 110 valence electrons. The molecule has 0 fully saturated rings. The van der Waals surface area contributed by atoms with Crippen LogP contribution in [0.1, 0.15) is 0 Å². The number of anilines is 2. The Hall–Kier alpha value is -2.54. The van der Waals surface area contributed by atoms with Gasteiger partial charge in [0.05, 0.1) is 0 Å². The summed E-state index contributed by atoms with van der Waals surface area (Å²) in [6, 6.07) is 7.34. The van der Waals surface area contributed by atoms with E-state index in [2.05, 4.69) is 10.4 Å². The Kier molecular flexibility index (Phi) is 4.44. The zero-order valence-electron chi connectivity index (χ0n) is 11.2. The van der Waals surface area contributed by atoms with Crippen molar-refractivity contribution in [2.24, 2.45) is 7.05 Å². The van der Waals surface area contributed by atoms with Crippen molar-refractivity contribution in [1.29, 1.82) is 0 Å². The average molecular weight is 309 g/mol. The maximum absolute atomic E-state index is 12.2. The second-order valence-corrected chi connectivity index (χ2v) is 4.70. The Bertz CT molecular complexity index is 654. The predicted molar refractivity (Wildman–Crippen MR) is 78.7 cm³/mol. The Balaban J connectivity index is 2.20. The molecule has 0 radical (unpaired) electrons. The molecular weight excluding hydrogens is 296 g/mol. The Morgan fingerprint density at radius 1 is 1.33 bits per heavy atom. The molecule has 1 aromatic carbocycles. The minimum atomic E-state index is -1.12. The summed E-state index contributed by atoms with van der Waals surface area (Å²) in [5.74, 6) is -0.784. The molecule has 0 saturated carbocycles. The number of aromatic nitrogens is 2. The van der Waals surface area contributed by atoms with Crippen LogP contribution in [0, 0.1) is 0 Å². The number of aliphatic carboxylic acids is 1. The normalized spacial score (nSPS) is 10.2. The SMILES string of the molecule is Cn1ccc(NC(=O)N(CC(=O)O)c2ccc(Cl)cc2)n1. The molecule has 0 aliphatic carbocycles. The molecule has 0 atom stereocenters. The van der Waals surface area contributed by atoms with Crippen LogP contribution in [0.5, 0.6) is 0 Å². The lowest BCUT2D eigenvalue weighted by atomic mass is 10.3. The predicted octanol–water partition coefficient (Wildman–Crippen LogP) is 2.20. The van der Waals surface area contributed by atoms with Gasteiger partial charge < -0.3 is 5.11 Å². The first kappa shape index (κ1) is 14.9. The monoisotopic (exact) mass is 308 g/mol. The molecule has 0 bridgehead atoms. The second-order valence-electron chi connectivity index (χ2n) is 4.26. The highest BCUT2D eigenvalue weighted by Crippen LogP contribution is 2.19. The molecule has 1 heterocycles. The summed E-state index contributed by atoms with van der Waals surface area (Å²) in [4.78, 5) is 24.2. The van der Waals surface area contributed by atoms with Gasteiger partial charge >= 0.3 is 12.0 Å². The number of carbonyl (C=O) groups is 2. The number of carboxylic acid groups (broad SMARTS) is 1. The van der Waals surface area contributed by atoms with Crippen molar-refractivity contribution in [1.82, 2.24) is 9.78 Å². The lowest BCUT2D eigenvalue weighted by Crippen LogP contribution is -2.39. The van der Waals surface area contributed by atoms with Gasteiger partial charge in [-0.25, -0.2) is 4.79 Å². The largest absolute Gasteiger partial charge is 0.480 e. The maximum Gasteiger partial charge on any atom is 0.328 e. The number of carboxylic acids is 1. The van der Waals surface area contributed by atoms with Crippen LogP contribution in [-0.4, -0.2) is 33.4 Å². The average Bonchev–Trinajstić information content (AvgIpc) is 2.82. The Morgan fingerprint density at radius 2 is 2.00 bits per heavy atom. The van der Waals surface area contributed by atoms with Gasteiger partial charge in [-0.1, -0.05) is 11.6 Å². The first-order valence-electron chi connectivity index (χ1n) is 6.01. The molecule has 1 aromatic heterocycles. The highest BCUT2D eigenvalue weighted by Gasteiger charge is 2.19. The van der Waals surface area contributed by atoms with Gasteiger partial charge in [0.1, 0.15) is 6.54 Å². The number of halogens is 1. The van der Waals surface area contributed by atoms with Crippen LogP contribution in [0.15, 0.2) is 36.5 Å². The second kappa shape index (κ2) is 6.27. The summed E-state index contributed by atoms with van der Waals surface area (Å²) in [6.45, 7) is -0.472. The van der Waals surface area contributed by atoms with Crippen molar-refractivity contribution >= 4 is 35.1 Å². The Morgan fingerprint density at radius 3 is 2.52 bits per heavy atom. The summed E-state index contributed by atoms with van der Waals surface area (Å²) in [5.41, 5.74) is 0.426. The fourth-order valence-electron chi connectivity index (χ4n) is 1.70. The van der Waals surface area contributed by atoms with Crippen molar-refractivity contribution in [2.75, 3.05) is 16.8 Å². The zero-order chi connectivity index (χ0) is 15.4. The van der Waals surface area contributed by atoms with Gasteiger partial charge in [-0.05, 0) is 24.3 Å². The number of carbonyl (C=O) groups excluding carboxylic acids is 1. The van der Waals surface area contributed by atoms with Gasteiger partial charge in [0.2, 0.25) is 0 Å². The molecule has 7 nitrogen and oxygen atoms in total. The minimum Gasteiger partial charge on any atom is -0.480 e. The fourth-order valence-corrected chi connectivity index (χ4v) is 1.82. The lowest BCUT2D eigenvalue weighted by Gasteiger charge is -2.20. The fraction of sp³-hybridized carbons (Fsp3) is 0.154. The summed E-state index contributed by atoms with van der Waals surface area (Å²) >= 11 is 5.79. The molecule has 0 saturated heterocycles. The number of nitrogens with one attached hydrogen (secondary N) is 1. The number of hydrogen-bond acceptors (Lipinski definition) is 3. The van der Waals surface area contributed by atoms with Crippen LogP contribution in [0.4, 0.5) is 16.3 Å². The van der Waals surface area contributed by atoms with Crippen LogP contribution in [-0.2, 0) is 11.8 Å². The number of benzene rings is 1. The van der Waals surface area contributed by atoms with Gasteiger partial charge in [0, 0.05) is 30.0 Å². The van der Waals surface area contributed by atoms with Gasteiger partial charge in [-0.15, -0.1) is 0 Å². The molecule has 0 unspecified atom stereocenters. The number of aryl methyl sites for hydroxylation is 1. The van der Waals surface area contributed by atoms with E-state index in [4.69, 9.17) is 16.7 Å². The molecule has 0 spiro atoms. The van der Waals surface area contributed by atoms with Crippen molar-refractivity contribution in [3.63, 3.8) is 0 Å². The van der Waals surface area contributed by atoms with Crippen molar-refractivity contribution in [2.45, 2.75) is 0 Å². The molecular formula is C13H13ClN4O3. The third-order valence-corrected chi connectivity index (χ3v) is 2.88. The molecule has 0 aliphatic heterocycles. The Labute approximate surface area is 125 Å². The van der Waals surface area contributed by atoms with Crippen LogP contribution in [0.2, 0.25) is 5.02 Å². The topological polar surface area (TPSA) is 87.5 Å². The first-order chi connectivity index (χ1) is 9.95.